The third-order valence-corrected chi connectivity index (χ3v) is 4.30. The van der Waals surface area contributed by atoms with Crippen LogP contribution in [0.1, 0.15) is 25.3 Å². The van der Waals surface area contributed by atoms with Crippen LogP contribution >= 0.6 is 0 Å². The highest BCUT2D eigenvalue weighted by molar-refractivity contribution is 5.88. The Morgan fingerprint density at radius 1 is 1.36 bits per heavy atom. The van der Waals surface area contributed by atoms with Crippen LogP contribution in [-0.4, -0.2) is 33.8 Å². The van der Waals surface area contributed by atoms with Crippen LogP contribution < -0.4 is 5.32 Å². The van der Waals surface area contributed by atoms with Crippen LogP contribution in [-0.2, 0) is 6.54 Å². The van der Waals surface area contributed by atoms with E-state index in [1.807, 2.05) is 42.2 Å². The molecular formula is C17H22N4O. The Morgan fingerprint density at radius 3 is 2.77 bits per heavy atom. The molecule has 1 aromatic heterocycles. The standard InChI is InChI=1S/C17H22N4O/c1-13(15-8-9-15)20(2)17(22)18-16-10-11-21(19-16)12-14-6-4-3-5-7-14/h3-7,10-11,13,15H,8-9,12H2,1-2H3,(H,18,19,22)/t13-/m0/s1. The fourth-order valence-corrected chi connectivity index (χ4v) is 2.56. The fraction of sp³-hybridized carbons (Fsp3) is 0.412. The van der Waals surface area contributed by atoms with Crippen LogP contribution in [0.3, 0.4) is 0 Å². The van der Waals surface area contributed by atoms with Gasteiger partial charge >= 0.3 is 6.03 Å². The molecule has 2 aromatic rings. The highest BCUT2D eigenvalue weighted by Crippen LogP contribution is 2.34. The van der Waals surface area contributed by atoms with Crippen molar-refractivity contribution in [2.75, 3.05) is 12.4 Å². The maximum atomic E-state index is 12.2. The summed E-state index contributed by atoms with van der Waals surface area (Å²) in [6, 6.07) is 12.2. The van der Waals surface area contributed by atoms with Gasteiger partial charge in [0.1, 0.15) is 0 Å². The zero-order chi connectivity index (χ0) is 15.5. The van der Waals surface area contributed by atoms with Crippen molar-refractivity contribution in [1.29, 1.82) is 0 Å². The molecule has 0 spiro atoms. The minimum absolute atomic E-state index is 0.0932. The van der Waals surface area contributed by atoms with E-state index in [1.54, 1.807) is 4.90 Å². The molecule has 1 aromatic carbocycles. The Kier molecular flexibility index (Phi) is 4.13. The SMILES string of the molecule is C[C@@H](C1CC1)N(C)C(=O)Nc1ccn(Cc2ccccc2)n1. The second-order valence-electron chi connectivity index (χ2n) is 6.00. The molecule has 5 nitrogen and oxygen atoms in total. The number of carbonyl (C=O) groups is 1. The average molecular weight is 298 g/mol. The van der Waals surface area contributed by atoms with E-state index >= 15 is 0 Å². The lowest BCUT2D eigenvalue weighted by molar-refractivity contribution is 0.201. The van der Waals surface area contributed by atoms with Crippen LogP contribution in [0, 0.1) is 5.92 Å². The van der Waals surface area contributed by atoms with Gasteiger partial charge in [-0.15, -0.1) is 0 Å². The highest BCUT2D eigenvalue weighted by atomic mass is 16.2. The van der Waals surface area contributed by atoms with Crippen molar-refractivity contribution in [3.05, 3.63) is 48.2 Å². The van der Waals surface area contributed by atoms with E-state index in [0.29, 0.717) is 18.3 Å². The van der Waals surface area contributed by atoms with Crippen LogP contribution in [0.25, 0.3) is 0 Å². The topological polar surface area (TPSA) is 50.2 Å². The van der Waals surface area contributed by atoms with Crippen LogP contribution in [0.5, 0.6) is 0 Å². The number of nitrogens with zero attached hydrogens (tertiary/aromatic N) is 3. The molecular weight excluding hydrogens is 276 g/mol. The largest absolute Gasteiger partial charge is 0.325 e. The minimum Gasteiger partial charge on any atom is -0.325 e. The summed E-state index contributed by atoms with van der Waals surface area (Å²) in [4.78, 5) is 14.0. The van der Waals surface area contributed by atoms with Crippen molar-refractivity contribution >= 4 is 11.8 Å². The number of carbonyl (C=O) groups excluding carboxylic acids is 1. The Morgan fingerprint density at radius 2 is 2.09 bits per heavy atom. The molecule has 0 aliphatic heterocycles. The van der Waals surface area contributed by atoms with Crippen molar-refractivity contribution in [3.63, 3.8) is 0 Å². The second-order valence-corrected chi connectivity index (χ2v) is 6.00. The average Bonchev–Trinajstić information content (AvgIpc) is 3.29. The van der Waals surface area contributed by atoms with Gasteiger partial charge in [-0.05, 0) is 31.2 Å². The van der Waals surface area contributed by atoms with Gasteiger partial charge in [-0.2, -0.15) is 5.10 Å². The molecule has 1 aliphatic carbocycles. The lowest BCUT2D eigenvalue weighted by atomic mass is 10.2. The van der Waals surface area contributed by atoms with Gasteiger partial charge < -0.3 is 4.90 Å². The summed E-state index contributed by atoms with van der Waals surface area (Å²) in [5.74, 6) is 1.25. The molecule has 1 fully saturated rings. The van der Waals surface area contributed by atoms with Crippen molar-refractivity contribution in [1.82, 2.24) is 14.7 Å². The van der Waals surface area contributed by atoms with Crippen molar-refractivity contribution in [3.8, 4) is 0 Å². The highest BCUT2D eigenvalue weighted by Gasteiger charge is 2.32. The van der Waals surface area contributed by atoms with E-state index in [2.05, 4.69) is 29.5 Å². The normalized spacial score (nSPS) is 15.4. The molecule has 0 saturated heterocycles. The zero-order valence-electron chi connectivity index (χ0n) is 13.1. The number of amides is 2. The molecule has 0 radical (unpaired) electrons. The number of nitrogens with one attached hydrogen (secondary N) is 1. The van der Waals surface area contributed by atoms with Gasteiger partial charge in [0, 0.05) is 25.4 Å². The third kappa shape index (κ3) is 3.47. The second kappa shape index (κ2) is 6.22. The molecule has 1 heterocycles. The molecule has 5 heteroatoms. The minimum atomic E-state index is -0.0932. The quantitative estimate of drug-likeness (QED) is 0.921. The van der Waals surface area contributed by atoms with Crippen molar-refractivity contribution < 1.29 is 4.79 Å². The van der Waals surface area contributed by atoms with E-state index in [1.165, 1.54) is 18.4 Å². The molecule has 2 amide bonds. The van der Waals surface area contributed by atoms with Gasteiger partial charge in [0.05, 0.1) is 6.54 Å². The Hall–Kier alpha value is -2.30. The predicted molar refractivity (Wildman–Crippen MR) is 86.7 cm³/mol. The maximum Gasteiger partial charge on any atom is 0.323 e. The number of benzene rings is 1. The molecule has 1 atom stereocenters. The van der Waals surface area contributed by atoms with Crippen molar-refractivity contribution in [2.24, 2.45) is 5.92 Å². The summed E-state index contributed by atoms with van der Waals surface area (Å²) >= 11 is 0. The molecule has 1 N–H and O–H groups in total. The number of rotatable bonds is 5. The molecule has 22 heavy (non-hydrogen) atoms. The Balaban J connectivity index is 1.58. The number of urea groups is 1. The monoisotopic (exact) mass is 298 g/mol. The third-order valence-electron chi connectivity index (χ3n) is 4.30. The van der Waals surface area contributed by atoms with Crippen LogP contribution in [0.4, 0.5) is 10.6 Å². The number of aromatic nitrogens is 2. The predicted octanol–water partition coefficient (Wildman–Crippen LogP) is 3.19. The summed E-state index contributed by atoms with van der Waals surface area (Å²) in [6.07, 6.45) is 4.34. The zero-order valence-corrected chi connectivity index (χ0v) is 13.1. The van der Waals surface area contributed by atoms with Gasteiger partial charge in [0.15, 0.2) is 5.82 Å². The molecule has 3 rings (SSSR count). The molecule has 1 aliphatic rings. The van der Waals surface area contributed by atoms with Gasteiger partial charge in [0.2, 0.25) is 0 Å². The number of hydrogen-bond donors (Lipinski definition) is 1. The van der Waals surface area contributed by atoms with E-state index in [9.17, 15) is 4.79 Å². The van der Waals surface area contributed by atoms with E-state index < -0.39 is 0 Å². The summed E-state index contributed by atoms with van der Waals surface area (Å²) in [7, 11) is 1.85. The maximum absolute atomic E-state index is 12.2. The summed E-state index contributed by atoms with van der Waals surface area (Å²) in [5, 5.41) is 7.27. The first-order chi connectivity index (χ1) is 10.6. The smallest absolute Gasteiger partial charge is 0.323 e. The number of anilines is 1. The Bertz CT molecular complexity index is 633. The van der Waals surface area contributed by atoms with Crippen LogP contribution in [0.2, 0.25) is 0 Å². The van der Waals surface area contributed by atoms with Crippen LogP contribution in [0.15, 0.2) is 42.6 Å². The first-order valence-electron chi connectivity index (χ1n) is 7.74. The molecule has 0 unspecified atom stereocenters. The molecule has 116 valence electrons. The molecule has 1 saturated carbocycles. The first kappa shape index (κ1) is 14.6. The lowest BCUT2D eigenvalue weighted by Gasteiger charge is -2.24. The van der Waals surface area contributed by atoms with E-state index in [4.69, 9.17) is 0 Å². The van der Waals surface area contributed by atoms with Gasteiger partial charge in [-0.3, -0.25) is 10.00 Å². The van der Waals surface area contributed by atoms with Crippen molar-refractivity contribution in [2.45, 2.75) is 32.4 Å². The summed E-state index contributed by atoms with van der Waals surface area (Å²) in [5.41, 5.74) is 1.18. The van der Waals surface area contributed by atoms with Gasteiger partial charge in [0.25, 0.3) is 0 Å². The van der Waals surface area contributed by atoms with Gasteiger partial charge in [-0.1, -0.05) is 30.3 Å². The summed E-state index contributed by atoms with van der Waals surface area (Å²) < 4.78 is 1.83. The summed E-state index contributed by atoms with van der Waals surface area (Å²) in [6.45, 7) is 2.80. The molecule has 0 bridgehead atoms. The fourth-order valence-electron chi connectivity index (χ4n) is 2.56. The number of hydrogen-bond acceptors (Lipinski definition) is 2. The first-order valence-corrected chi connectivity index (χ1v) is 7.74. The van der Waals surface area contributed by atoms with E-state index in [0.717, 1.165) is 0 Å². The van der Waals surface area contributed by atoms with E-state index in [-0.39, 0.29) is 12.1 Å². The Labute approximate surface area is 130 Å². The van der Waals surface area contributed by atoms with Gasteiger partial charge in [-0.25, -0.2) is 4.79 Å². The lowest BCUT2D eigenvalue weighted by Crippen LogP contribution is -2.39.